The molecule has 2 radical (unpaired) electrons. The van der Waals surface area contributed by atoms with Gasteiger partial charge in [-0.2, -0.15) is 0 Å². The summed E-state index contributed by atoms with van der Waals surface area (Å²) in [6, 6.07) is 17.3. The van der Waals surface area contributed by atoms with Crippen LogP contribution in [0.1, 0.15) is 27.2 Å². The number of benzene rings is 2. The highest BCUT2D eigenvalue weighted by atomic mass is 32.2. The summed E-state index contributed by atoms with van der Waals surface area (Å²) in [5.74, 6) is 3.03. The average Bonchev–Trinajstić information content (AvgIpc) is 2.49. The Kier molecular flexibility index (Phi) is 4.47. The Morgan fingerprint density at radius 3 is 2.00 bits per heavy atom. The zero-order chi connectivity index (χ0) is 13.9. The molecule has 1 saturated heterocycles. The highest BCUT2D eigenvalue weighted by Crippen LogP contribution is 2.47. The van der Waals surface area contributed by atoms with Gasteiger partial charge in [-0.25, -0.2) is 0 Å². The molecule has 0 aliphatic carbocycles. The minimum absolute atomic E-state index is 0.584. The lowest BCUT2D eigenvalue weighted by molar-refractivity contribution is 0.885. The van der Waals surface area contributed by atoms with Crippen LogP contribution >= 0.6 is 23.5 Å². The second-order valence-electron chi connectivity index (χ2n) is 5.27. The van der Waals surface area contributed by atoms with Crippen molar-refractivity contribution in [3.63, 3.8) is 0 Å². The molecule has 2 aromatic carbocycles. The molecule has 0 unspecified atom stereocenters. The Hall–Kier alpha value is -0.795. The maximum atomic E-state index is 5.76. The fourth-order valence-corrected chi connectivity index (χ4v) is 5.52. The van der Waals surface area contributed by atoms with Crippen LogP contribution in [0.25, 0.3) is 0 Å². The summed E-state index contributed by atoms with van der Waals surface area (Å²) in [6.07, 6.45) is 0. The molecular formula is C17H17BS2. The Bertz CT molecular complexity index is 501. The van der Waals surface area contributed by atoms with Crippen molar-refractivity contribution in [3.8, 4) is 0 Å². The van der Waals surface area contributed by atoms with E-state index in [2.05, 4.69) is 66.8 Å². The predicted octanol–water partition coefficient (Wildman–Crippen LogP) is 4.05. The fourth-order valence-electron chi connectivity index (χ4n) is 2.38. The molecule has 0 bridgehead atoms. The molecule has 0 atom stereocenters. The highest BCUT2D eigenvalue weighted by molar-refractivity contribution is 8.17. The lowest BCUT2D eigenvalue weighted by atomic mass is 9.93. The second kappa shape index (κ2) is 6.32. The summed E-state index contributed by atoms with van der Waals surface area (Å²) in [5, 5.41) is 0. The minimum atomic E-state index is 0.584. The molecule has 20 heavy (non-hydrogen) atoms. The van der Waals surface area contributed by atoms with Crippen LogP contribution in [0.2, 0.25) is 0 Å². The number of thioether (sulfide) groups is 2. The van der Waals surface area contributed by atoms with Crippen molar-refractivity contribution in [2.24, 2.45) is 0 Å². The van der Waals surface area contributed by atoms with Crippen LogP contribution < -0.4 is 5.46 Å². The summed E-state index contributed by atoms with van der Waals surface area (Å²) < 4.78 is 0.584. The Morgan fingerprint density at radius 2 is 1.40 bits per heavy atom. The summed E-state index contributed by atoms with van der Waals surface area (Å²) in [6.45, 7) is 2.14. The molecule has 1 aliphatic rings. The molecule has 0 spiro atoms. The third-order valence-electron chi connectivity index (χ3n) is 3.65. The quantitative estimate of drug-likeness (QED) is 0.767. The first-order chi connectivity index (χ1) is 9.72. The van der Waals surface area contributed by atoms with Gasteiger partial charge in [-0.3, -0.25) is 0 Å². The number of hydrogen-bond donors (Lipinski definition) is 0. The van der Waals surface area contributed by atoms with E-state index < -0.39 is 0 Å². The van der Waals surface area contributed by atoms with Gasteiger partial charge in [0.2, 0.25) is 0 Å². The van der Waals surface area contributed by atoms with E-state index in [1.54, 1.807) is 0 Å². The highest BCUT2D eigenvalue weighted by Gasteiger charge is 2.24. The topological polar surface area (TPSA) is 0 Å². The second-order valence-corrected chi connectivity index (χ2v) is 7.85. The average molecular weight is 296 g/mol. The van der Waals surface area contributed by atoms with Gasteiger partial charge in [0.05, 0.1) is 4.58 Å². The van der Waals surface area contributed by atoms with Gasteiger partial charge in [0.15, 0.2) is 0 Å². The first-order valence-corrected chi connectivity index (χ1v) is 8.97. The Labute approximate surface area is 131 Å². The minimum Gasteiger partial charge on any atom is -0.142 e. The molecule has 1 heterocycles. The molecule has 0 N–H and O–H groups in total. The maximum absolute atomic E-state index is 5.76. The van der Waals surface area contributed by atoms with E-state index in [-0.39, 0.29) is 0 Å². The van der Waals surface area contributed by atoms with Crippen molar-refractivity contribution < 1.29 is 0 Å². The SMILES string of the molecule is [B]c1ccc(C2CSC(c3ccc(C)cc3)SC2)cc1. The summed E-state index contributed by atoms with van der Waals surface area (Å²) >= 11 is 4.12. The third kappa shape index (κ3) is 3.26. The standard InChI is InChI=1S/C17H17BS2/c1-12-2-4-14(5-3-12)17-19-10-15(11-20-17)13-6-8-16(18)9-7-13/h2-9,15,17H,10-11H2,1H3. The van der Waals surface area contributed by atoms with Crippen LogP contribution in [0.15, 0.2) is 48.5 Å². The van der Waals surface area contributed by atoms with E-state index in [0.717, 1.165) is 5.46 Å². The lowest BCUT2D eigenvalue weighted by Crippen LogP contribution is -2.13. The van der Waals surface area contributed by atoms with Crippen LogP contribution in [0.5, 0.6) is 0 Å². The van der Waals surface area contributed by atoms with Gasteiger partial charge in [0.1, 0.15) is 7.85 Å². The molecule has 0 saturated carbocycles. The van der Waals surface area contributed by atoms with Gasteiger partial charge < -0.3 is 0 Å². The molecular weight excluding hydrogens is 279 g/mol. The van der Waals surface area contributed by atoms with Gasteiger partial charge in [-0.15, -0.1) is 23.5 Å². The number of hydrogen-bond acceptors (Lipinski definition) is 2. The van der Waals surface area contributed by atoms with Crippen molar-refractivity contribution in [3.05, 3.63) is 65.2 Å². The van der Waals surface area contributed by atoms with Crippen molar-refractivity contribution in [1.29, 1.82) is 0 Å². The van der Waals surface area contributed by atoms with E-state index >= 15 is 0 Å². The van der Waals surface area contributed by atoms with Gasteiger partial charge in [-0.1, -0.05) is 59.6 Å². The van der Waals surface area contributed by atoms with Crippen LogP contribution in [0.4, 0.5) is 0 Å². The largest absolute Gasteiger partial charge is 0.142 e. The van der Waals surface area contributed by atoms with E-state index in [1.165, 1.54) is 28.2 Å². The lowest BCUT2D eigenvalue weighted by Gasteiger charge is -2.28. The van der Waals surface area contributed by atoms with Crippen molar-refractivity contribution >= 4 is 36.8 Å². The molecule has 1 aliphatic heterocycles. The molecule has 0 nitrogen and oxygen atoms in total. The van der Waals surface area contributed by atoms with E-state index in [9.17, 15) is 0 Å². The van der Waals surface area contributed by atoms with Crippen LogP contribution in [0.3, 0.4) is 0 Å². The Morgan fingerprint density at radius 1 is 0.850 bits per heavy atom. The summed E-state index contributed by atoms with van der Waals surface area (Å²) in [4.78, 5) is 0. The molecule has 100 valence electrons. The van der Waals surface area contributed by atoms with E-state index in [1.807, 2.05) is 12.1 Å². The van der Waals surface area contributed by atoms with Crippen molar-refractivity contribution in [2.45, 2.75) is 17.4 Å². The zero-order valence-corrected chi connectivity index (χ0v) is 13.2. The molecule has 0 amide bonds. The van der Waals surface area contributed by atoms with Gasteiger partial charge in [0, 0.05) is 17.4 Å². The predicted molar refractivity (Wildman–Crippen MR) is 93.4 cm³/mol. The molecule has 3 heteroatoms. The van der Waals surface area contributed by atoms with Gasteiger partial charge >= 0.3 is 0 Å². The van der Waals surface area contributed by atoms with Crippen molar-refractivity contribution in [2.75, 3.05) is 11.5 Å². The number of rotatable bonds is 2. The van der Waals surface area contributed by atoms with Crippen molar-refractivity contribution in [1.82, 2.24) is 0 Å². The van der Waals surface area contributed by atoms with Crippen LogP contribution in [-0.2, 0) is 0 Å². The third-order valence-corrected chi connectivity index (χ3v) is 6.81. The van der Waals surface area contributed by atoms with Crippen LogP contribution in [-0.4, -0.2) is 19.4 Å². The maximum Gasteiger partial charge on any atom is 0.113 e. The normalized spacial score (nSPS) is 22.6. The fraction of sp³-hybridized carbons (Fsp3) is 0.294. The Balaban J connectivity index is 1.64. The van der Waals surface area contributed by atoms with E-state index in [4.69, 9.17) is 7.85 Å². The molecule has 1 fully saturated rings. The van der Waals surface area contributed by atoms with Crippen LogP contribution in [0, 0.1) is 6.92 Å². The first-order valence-electron chi connectivity index (χ1n) is 6.87. The van der Waals surface area contributed by atoms with E-state index in [0.29, 0.717) is 10.5 Å². The summed E-state index contributed by atoms with van der Waals surface area (Å²) in [5.41, 5.74) is 5.05. The smallest absolute Gasteiger partial charge is 0.113 e. The van der Waals surface area contributed by atoms with Gasteiger partial charge in [0.25, 0.3) is 0 Å². The monoisotopic (exact) mass is 296 g/mol. The number of aryl methyl sites for hydroxylation is 1. The first kappa shape index (κ1) is 14.2. The molecule has 2 aromatic rings. The summed E-state index contributed by atoms with van der Waals surface area (Å²) in [7, 11) is 5.76. The zero-order valence-electron chi connectivity index (χ0n) is 11.6. The molecule has 0 aromatic heterocycles. The van der Waals surface area contributed by atoms with Gasteiger partial charge in [-0.05, 0) is 18.1 Å². The molecule has 3 rings (SSSR count).